The van der Waals surface area contributed by atoms with Crippen LogP contribution in [0.5, 0.6) is 0 Å². The van der Waals surface area contributed by atoms with Crippen LogP contribution in [-0.4, -0.2) is 5.54 Å². The zero-order valence-corrected chi connectivity index (χ0v) is 13.4. The van der Waals surface area contributed by atoms with Crippen molar-refractivity contribution in [2.24, 2.45) is 0 Å². The Morgan fingerprint density at radius 3 is 2.33 bits per heavy atom. The first kappa shape index (κ1) is 13.7. The van der Waals surface area contributed by atoms with Crippen molar-refractivity contribution < 1.29 is 0 Å². The SMILES string of the molecule is CCC(C)(CC)NCc1cc(Br)c(Br)s1. The first-order chi connectivity index (χ1) is 7.00. The van der Waals surface area contributed by atoms with Crippen LogP contribution >= 0.6 is 43.2 Å². The Balaban J connectivity index is 2.56. The molecule has 0 fully saturated rings. The summed E-state index contributed by atoms with van der Waals surface area (Å²) in [5.74, 6) is 0. The summed E-state index contributed by atoms with van der Waals surface area (Å²) < 4.78 is 2.33. The first-order valence-electron chi connectivity index (χ1n) is 5.19. The number of hydrogen-bond acceptors (Lipinski definition) is 2. The van der Waals surface area contributed by atoms with Crippen molar-refractivity contribution in [3.05, 3.63) is 19.2 Å². The lowest BCUT2D eigenvalue weighted by molar-refractivity contribution is 0.330. The second kappa shape index (κ2) is 5.80. The van der Waals surface area contributed by atoms with Crippen molar-refractivity contribution in [1.82, 2.24) is 5.32 Å². The molecule has 4 heteroatoms. The summed E-state index contributed by atoms with van der Waals surface area (Å²) >= 11 is 8.80. The summed E-state index contributed by atoms with van der Waals surface area (Å²) in [5.41, 5.74) is 0.267. The molecular weight excluding hydrogens is 338 g/mol. The van der Waals surface area contributed by atoms with Crippen LogP contribution in [0.4, 0.5) is 0 Å². The summed E-state index contributed by atoms with van der Waals surface area (Å²) in [5, 5.41) is 3.62. The number of hydrogen-bond donors (Lipinski definition) is 1. The van der Waals surface area contributed by atoms with E-state index in [1.165, 1.54) is 8.66 Å². The van der Waals surface area contributed by atoms with Crippen LogP contribution in [-0.2, 0) is 6.54 Å². The van der Waals surface area contributed by atoms with Crippen molar-refractivity contribution in [3.63, 3.8) is 0 Å². The molecule has 1 N–H and O–H groups in total. The predicted molar refractivity (Wildman–Crippen MR) is 75.5 cm³/mol. The second-order valence-corrected chi connectivity index (χ2v) is 7.26. The molecule has 0 bridgehead atoms. The van der Waals surface area contributed by atoms with Gasteiger partial charge in [-0.05, 0) is 57.7 Å². The highest BCUT2D eigenvalue weighted by atomic mass is 79.9. The van der Waals surface area contributed by atoms with Crippen molar-refractivity contribution in [1.29, 1.82) is 0 Å². The molecule has 1 aromatic heterocycles. The number of rotatable bonds is 5. The third kappa shape index (κ3) is 3.84. The molecule has 0 aliphatic heterocycles. The van der Waals surface area contributed by atoms with Crippen molar-refractivity contribution >= 4 is 43.2 Å². The van der Waals surface area contributed by atoms with Crippen LogP contribution in [0.25, 0.3) is 0 Å². The summed E-state index contributed by atoms with van der Waals surface area (Å²) in [7, 11) is 0. The first-order valence-corrected chi connectivity index (χ1v) is 7.59. The van der Waals surface area contributed by atoms with E-state index in [9.17, 15) is 0 Å². The molecule has 0 unspecified atom stereocenters. The molecule has 0 saturated heterocycles. The quantitative estimate of drug-likeness (QED) is 0.789. The van der Waals surface area contributed by atoms with E-state index in [0.717, 1.165) is 23.9 Å². The van der Waals surface area contributed by atoms with E-state index in [-0.39, 0.29) is 5.54 Å². The van der Waals surface area contributed by atoms with Crippen molar-refractivity contribution in [2.45, 2.75) is 45.7 Å². The van der Waals surface area contributed by atoms with Crippen LogP contribution in [0.3, 0.4) is 0 Å². The van der Waals surface area contributed by atoms with Gasteiger partial charge >= 0.3 is 0 Å². The highest BCUT2D eigenvalue weighted by Gasteiger charge is 2.18. The minimum Gasteiger partial charge on any atom is -0.307 e. The van der Waals surface area contributed by atoms with Crippen LogP contribution in [0.15, 0.2) is 14.3 Å². The van der Waals surface area contributed by atoms with Gasteiger partial charge in [0.2, 0.25) is 0 Å². The van der Waals surface area contributed by atoms with E-state index in [1.54, 1.807) is 11.3 Å². The molecule has 0 atom stereocenters. The maximum atomic E-state index is 3.62. The van der Waals surface area contributed by atoms with Crippen LogP contribution < -0.4 is 5.32 Å². The monoisotopic (exact) mass is 353 g/mol. The lowest BCUT2D eigenvalue weighted by atomic mass is 9.96. The second-order valence-electron chi connectivity index (χ2n) is 3.96. The fourth-order valence-corrected chi connectivity index (χ4v) is 3.40. The molecule has 1 heterocycles. The van der Waals surface area contributed by atoms with E-state index in [2.05, 4.69) is 64.0 Å². The fourth-order valence-electron chi connectivity index (χ4n) is 1.28. The largest absolute Gasteiger partial charge is 0.307 e. The van der Waals surface area contributed by atoms with Gasteiger partial charge in [0.05, 0.1) is 3.79 Å². The molecule has 0 amide bonds. The Bertz CT molecular complexity index is 299. The smallest absolute Gasteiger partial charge is 0.0843 e. The van der Waals surface area contributed by atoms with Gasteiger partial charge in [-0.2, -0.15) is 0 Å². The Morgan fingerprint density at radius 2 is 1.93 bits per heavy atom. The molecule has 1 nitrogen and oxygen atoms in total. The number of nitrogens with one attached hydrogen (secondary N) is 1. The van der Waals surface area contributed by atoms with Gasteiger partial charge in [0.1, 0.15) is 0 Å². The van der Waals surface area contributed by atoms with Gasteiger partial charge in [0.25, 0.3) is 0 Å². The lowest BCUT2D eigenvalue weighted by Gasteiger charge is -2.28. The highest BCUT2D eigenvalue weighted by Crippen LogP contribution is 2.32. The minimum atomic E-state index is 0.267. The van der Waals surface area contributed by atoms with Crippen molar-refractivity contribution in [2.75, 3.05) is 0 Å². The third-order valence-corrected chi connectivity index (χ3v) is 6.20. The van der Waals surface area contributed by atoms with Gasteiger partial charge in [-0.3, -0.25) is 0 Å². The van der Waals surface area contributed by atoms with Gasteiger partial charge in [-0.1, -0.05) is 13.8 Å². The molecule has 0 radical (unpaired) electrons. The molecule has 0 spiro atoms. The maximum Gasteiger partial charge on any atom is 0.0843 e. The summed E-state index contributed by atoms with van der Waals surface area (Å²) in [6, 6.07) is 2.17. The van der Waals surface area contributed by atoms with Crippen LogP contribution in [0.1, 0.15) is 38.5 Å². The molecule has 0 aliphatic rings. The Hall–Kier alpha value is 0.620. The highest BCUT2D eigenvalue weighted by molar-refractivity contribution is 9.13. The maximum absolute atomic E-state index is 3.62. The van der Waals surface area contributed by atoms with Gasteiger partial charge in [-0.25, -0.2) is 0 Å². The van der Waals surface area contributed by atoms with Crippen LogP contribution in [0, 0.1) is 0 Å². The molecule has 1 rings (SSSR count). The topological polar surface area (TPSA) is 12.0 Å². The van der Waals surface area contributed by atoms with E-state index in [0.29, 0.717) is 0 Å². The van der Waals surface area contributed by atoms with Gasteiger partial charge in [0, 0.05) is 21.4 Å². The van der Waals surface area contributed by atoms with E-state index < -0.39 is 0 Å². The van der Waals surface area contributed by atoms with Gasteiger partial charge in [0.15, 0.2) is 0 Å². The minimum absolute atomic E-state index is 0.267. The molecule has 1 aromatic rings. The molecule has 86 valence electrons. The van der Waals surface area contributed by atoms with Crippen molar-refractivity contribution in [3.8, 4) is 0 Å². The summed E-state index contributed by atoms with van der Waals surface area (Å²) in [4.78, 5) is 1.36. The Labute approximate surface area is 113 Å². The normalized spacial score (nSPS) is 12.1. The number of halogens is 2. The third-order valence-electron chi connectivity index (χ3n) is 2.95. The van der Waals surface area contributed by atoms with Gasteiger partial charge < -0.3 is 5.32 Å². The van der Waals surface area contributed by atoms with E-state index in [1.807, 2.05) is 0 Å². The lowest BCUT2D eigenvalue weighted by Crippen LogP contribution is -2.40. The number of thiophene rings is 1. The van der Waals surface area contributed by atoms with E-state index >= 15 is 0 Å². The average Bonchev–Trinajstić information content (AvgIpc) is 2.55. The van der Waals surface area contributed by atoms with Crippen LogP contribution in [0.2, 0.25) is 0 Å². The Kier molecular flexibility index (Phi) is 5.29. The fraction of sp³-hybridized carbons (Fsp3) is 0.636. The van der Waals surface area contributed by atoms with E-state index in [4.69, 9.17) is 0 Å². The summed E-state index contributed by atoms with van der Waals surface area (Å²) in [6.07, 6.45) is 2.33. The van der Waals surface area contributed by atoms with Gasteiger partial charge in [-0.15, -0.1) is 11.3 Å². The molecule has 0 aliphatic carbocycles. The molecule has 0 aromatic carbocycles. The predicted octanol–water partition coefficient (Wildman–Crippen LogP) is 4.94. The molecule has 15 heavy (non-hydrogen) atoms. The molecular formula is C11H17Br2NS. The summed E-state index contributed by atoms with van der Waals surface area (Å²) in [6.45, 7) is 7.70. The zero-order chi connectivity index (χ0) is 11.5. The zero-order valence-electron chi connectivity index (χ0n) is 9.36. The molecule has 0 saturated carbocycles. The average molecular weight is 355 g/mol. The Morgan fingerprint density at radius 1 is 1.33 bits per heavy atom. The standard InChI is InChI=1S/C11H17Br2NS/c1-4-11(3,5-2)14-7-8-6-9(12)10(13)15-8/h6,14H,4-5,7H2,1-3H3.